The first kappa shape index (κ1) is 22.1. The number of halogens is 1. The molecule has 1 aromatic heterocycles. The molecule has 0 unspecified atom stereocenters. The predicted molar refractivity (Wildman–Crippen MR) is 134 cm³/mol. The number of hydrogen-bond acceptors (Lipinski definition) is 6. The van der Waals surface area contributed by atoms with E-state index in [2.05, 4.69) is 4.98 Å². The molecule has 1 saturated heterocycles. The molecule has 2 heterocycles. The van der Waals surface area contributed by atoms with Crippen LogP contribution in [0.2, 0.25) is 5.02 Å². The van der Waals surface area contributed by atoms with E-state index in [1.54, 1.807) is 48.5 Å². The molecule has 170 valence electrons. The highest BCUT2D eigenvalue weighted by molar-refractivity contribution is 7.22. The number of aliphatic hydroxyl groups excluding tert-OH is 1. The van der Waals surface area contributed by atoms with E-state index in [0.29, 0.717) is 27.0 Å². The van der Waals surface area contributed by atoms with Gasteiger partial charge >= 0.3 is 5.91 Å². The standard InChI is InChI=1S/C26H19ClN2O4S/c1-14-6-11-19-20(12-14)34-26(28-19)29-22(15-7-9-17(27)10-8-15)21(24(31)25(29)32)23(30)16-4-3-5-18(13-16)33-2/h3-13,22,30H,1-2H3/b23-21+/t22-/m0/s1. The second-order valence-electron chi connectivity index (χ2n) is 7.92. The summed E-state index contributed by atoms with van der Waals surface area (Å²) in [5, 5.41) is 12.1. The van der Waals surface area contributed by atoms with Crippen molar-refractivity contribution >= 4 is 55.7 Å². The van der Waals surface area contributed by atoms with Gasteiger partial charge in [0.25, 0.3) is 5.78 Å². The molecule has 0 radical (unpaired) electrons. The molecule has 1 aliphatic heterocycles. The van der Waals surface area contributed by atoms with Gasteiger partial charge < -0.3 is 9.84 Å². The number of ketones is 1. The molecule has 8 heteroatoms. The maximum Gasteiger partial charge on any atom is 0.301 e. The number of carbonyl (C=O) groups is 2. The Morgan fingerprint density at radius 3 is 2.59 bits per heavy atom. The van der Waals surface area contributed by atoms with Crippen molar-refractivity contribution in [2.75, 3.05) is 12.0 Å². The minimum absolute atomic E-state index is 0.0176. The smallest absolute Gasteiger partial charge is 0.301 e. The maximum atomic E-state index is 13.3. The van der Waals surface area contributed by atoms with Gasteiger partial charge in [-0.2, -0.15) is 0 Å². The lowest BCUT2D eigenvalue weighted by Gasteiger charge is -2.23. The first-order valence-corrected chi connectivity index (χ1v) is 11.6. The van der Waals surface area contributed by atoms with Gasteiger partial charge in [0.1, 0.15) is 11.5 Å². The molecule has 1 amide bonds. The molecule has 1 fully saturated rings. The lowest BCUT2D eigenvalue weighted by molar-refractivity contribution is -0.132. The number of Topliss-reactive ketones (excluding diaryl/α,β-unsaturated/α-hetero) is 1. The third-order valence-corrected chi connectivity index (χ3v) is 6.98. The van der Waals surface area contributed by atoms with E-state index in [1.807, 2.05) is 25.1 Å². The van der Waals surface area contributed by atoms with Crippen LogP contribution in [0.1, 0.15) is 22.7 Å². The Balaban J connectivity index is 1.73. The van der Waals surface area contributed by atoms with Crippen molar-refractivity contribution in [3.63, 3.8) is 0 Å². The van der Waals surface area contributed by atoms with Gasteiger partial charge in [0, 0.05) is 10.6 Å². The summed E-state index contributed by atoms with van der Waals surface area (Å²) >= 11 is 7.42. The van der Waals surface area contributed by atoms with Crippen LogP contribution in [-0.2, 0) is 9.59 Å². The van der Waals surface area contributed by atoms with Crippen LogP contribution in [0.25, 0.3) is 16.0 Å². The van der Waals surface area contributed by atoms with Crippen molar-refractivity contribution in [2.24, 2.45) is 0 Å². The molecule has 4 aromatic rings. The van der Waals surface area contributed by atoms with Crippen LogP contribution in [0.5, 0.6) is 5.75 Å². The fraction of sp³-hybridized carbons (Fsp3) is 0.115. The van der Waals surface area contributed by atoms with E-state index in [9.17, 15) is 14.7 Å². The Morgan fingerprint density at radius 1 is 1.09 bits per heavy atom. The number of carbonyl (C=O) groups excluding carboxylic acids is 2. The van der Waals surface area contributed by atoms with Gasteiger partial charge in [-0.15, -0.1) is 0 Å². The zero-order valence-corrected chi connectivity index (χ0v) is 19.9. The lowest BCUT2D eigenvalue weighted by Crippen LogP contribution is -2.29. The molecule has 0 saturated carbocycles. The highest BCUT2D eigenvalue weighted by Gasteiger charge is 2.48. The number of hydrogen-bond donors (Lipinski definition) is 1. The average molecular weight is 491 g/mol. The monoisotopic (exact) mass is 490 g/mol. The number of fused-ring (bicyclic) bond motifs is 1. The molecule has 0 spiro atoms. The van der Waals surface area contributed by atoms with Gasteiger partial charge in [0.15, 0.2) is 5.13 Å². The van der Waals surface area contributed by atoms with Crippen LogP contribution in [0.15, 0.2) is 72.3 Å². The molecule has 1 aliphatic rings. The fourth-order valence-corrected chi connectivity index (χ4v) is 5.26. The molecular weight excluding hydrogens is 472 g/mol. The van der Waals surface area contributed by atoms with Crippen molar-refractivity contribution in [1.82, 2.24) is 4.98 Å². The van der Waals surface area contributed by atoms with Crippen LogP contribution >= 0.6 is 22.9 Å². The Labute approximate surface area is 204 Å². The van der Waals surface area contributed by atoms with Crippen LogP contribution in [0.3, 0.4) is 0 Å². The Kier molecular flexibility index (Phi) is 5.59. The van der Waals surface area contributed by atoms with E-state index in [0.717, 1.165) is 15.8 Å². The molecular formula is C26H19ClN2O4S. The zero-order chi connectivity index (χ0) is 24.0. The first-order chi connectivity index (χ1) is 16.4. The van der Waals surface area contributed by atoms with Gasteiger partial charge in [-0.25, -0.2) is 4.98 Å². The number of ether oxygens (including phenoxy) is 1. The summed E-state index contributed by atoms with van der Waals surface area (Å²) in [7, 11) is 1.51. The molecule has 1 N–H and O–H groups in total. The number of thiazole rings is 1. The number of benzene rings is 3. The summed E-state index contributed by atoms with van der Waals surface area (Å²) in [5.74, 6) is -1.30. The van der Waals surface area contributed by atoms with Gasteiger partial charge in [0.05, 0.1) is 28.9 Å². The van der Waals surface area contributed by atoms with Crippen LogP contribution in [-0.4, -0.2) is 28.9 Å². The van der Waals surface area contributed by atoms with Gasteiger partial charge in [-0.1, -0.05) is 53.3 Å². The number of methoxy groups -OCH3 is 1. The summed E-state index contributed by atoms with van der Waals surface area (Å²) in [6.45, 7) is 1.98. The van der Waals surface area contributed by atoms with Crippen molar-refractivity contribution < 1.29 is 19.4 Å². The average Bonchev–Trinajstić information content (AvgIpc) is 3.37. The molecule has 1 atom stereocenters. The number of anilines is 1. The fourth-order valence-electron chi connectivity index (χ4n) is 4.04. The lowest BCUT2D eigenvalue weighted by atomic mass is 9.95. The Morgan fingerprint density at radius 2 is 1.85 bits per heavy atom. The third-order valence-electron chi connectivity index (χ3n) is 5.71. The topological polar surface area (TPSA) is 79.7 Å². The molecule has 0 aliphatic carbocycles. The molecule has 5 rings (SSSR count). The zero-order valence-electron chi connectivity index (χ0n) is 18.3. The van der Waals surface area contributed by atoms with Crippen LogP contribution in [0.4, 0.5) is 5.13 Å². The van der Waals surface area contributed by atoms with E-state index in [1.165, 1.54) is 23.3 Å². The Hall–Kier alpha value is -3.68. The second kappa shape index (κ2) is 8.59. The van der Waals surface area contributed by atoms with Gasteiger partial charge in [-0.3, -0.25) is 14.5 Å². The minimum atomic E-state index is -0.870. The molecule has 3 aromatic carbocycles. The largest absolute Gasteiger partial charge is 0.507 e. The van der Waals surface area contributed by atoms with E-state index < -0.39 is 17.7 Å². The molecule has 0 bridgehead atoms. The number of rotatable bonds is 4. The van der Waals surface area contributed by atoms with Crippen molar-refractivity contribution in [1.29, 1.82) is 0 Å². The van der Waals surface area contributed by atoms with Crippen molar-refractivity contribution in [2.45, 2.75) is 13.0 Å². The normalized spacial score (nSPS) is 17.5. The van der Waals surface area contributed by atoms with E-state index in [4.69, 9.17) is 16.3 Å². The maximum absolute atomic E-state index is 13.3. The van der Waals surface area contributed by atoms with Gasteiger partial charge in [-0.05, 0) is 54.4 Å². The number of aliphatic hydroxyl groups is 1. The summed E-state index contributed by atoms with van der Waals surface area (Å²) < 4.78 is 6.16. The Bertz CT molecular complexity index is 1480. The SMILES string of the molecule is COc1cccc(/C(O)=C2\C(=O)C(=O)N(c3nc4ccc(C)cc4s3)[C@H]2c2ccc(Cl)cc2)c1. The van der Waals surface area contributed by atoms with Crippen LogP contribution < -0.4 is 9.64 Å². The van der Waals surface area contributed by atoms with Crippen LogP contribution in [0, 0.1) is 6.92 Å². The third kappa shape index (κ3) is 3.73. The quantitative estimate of drug-likeness (QED) is 0.219. The number of aromatic nitrogens is 1. The number of amides is 1. The highest BCUT2D eigenvalue weighted by atomic mass is 35.5. The molecule has 34 heavy (non-hydrogen) atoms. The summed E-state index contributed by atoms with van der Waals surface area (Å²) in [6.07, 6.45) is 0. The predicted octanol–water partition coefficient (Wildman–Crippen LogP) is 5.89. The van der Waals surface area contributed by atoms with Crippen molar-refractivity contribution in [3.8, 4) is 5.75 Å². The first-order valence-electron chi connectivity index (χ1n) is 10.5. The minimum Gasteiger partial charge on any atom is -0.507 e. The number of nitrogens with zero attached hydrogens (tertiary/aromatic N) is 2. The number of aryl methyl sites for hydroxylation is 1. The second-order valence-corrected chi connectivity index (χ2v) is 9.37. The summed E-state index contributed by atoms with van der Waals surface area (Å²) in [6, 6.07) is 18.5. The van der Waals surface area contributed by atoms with E-state index >= 15 is 0 Å². The summed E-state index contributed by atoms with van der Waals surface area (Å²) in [5.41, 5.74) is 2.78. The highest BCUT2D eigenvalue weighted by Crippen LogP contribution is 2.44. The summed E-state index contributed by atoms with van der Waals surface area (Å²) in [4.78, 5) is 32.6. The molecule has 6 nitrogen and oxygen atoms in total. The van der Waals surface area contributed by atoms with Crippen molar-refractivity contribution in [3.05, 3.63) is 94.0 Å². The van der Waals surface area contributed by atoms with E-state index in [-0.39, 0.29) is 11.3 Å². The van der Waals surface area contributed by atoms with Gasteiger partial charge in [0.2, 0.25) is 0 Å².